The Labute approximate surface area is 195 Å². The molecule has 0 aliphatic heterocycles. The highest BCUT2D eigenvalue weighted by molar-refractivity contribution is 8.00. The zero-order valence-corrected chi connectivity index (χ0v) is 18.8. The number of carbonyl (C=O) groups excluding carboxylic acids is 1. The molecule has 2 aliphatic rings. The molecule has 2 heterocycles. The van der Waals surface area contributed by atoms with Gasteiger partial charge in [-0.15, -0.1) is 0 Å². The summed E-state index contributed by atoms with van der Waals surface area (Å²) in [5.41, 5.74) is -2.25. The first-order valence-electron chi connectivity index (χ1n) is 10.8. The second-order valence-corrected chi connectivity index (χ2v) is 9.84. The summed E-state index contributed by atoms with van der Waals surface area (Å²) in [5, 5.41) is 1.79. The van der Waals surface area contributed by atoms with Crippen molar-refractivity contribution in [1.82, 2.24) is 19.5 Å². The summed E-state index contributed by atoms with van der Waals surface area (Å²) in [7, 11) is 0. The van der Waals surface area contributed by atoms with Gasteiger partial charge in [0.25, 0.3) is 5.56 Å². The van der Waals surface area contributed by atoms with E-state index < -0.39 is 34.1 Å². The van der Waals surface area contributed by atoms with Crippen LogP contribution in [0.4, 0.5) is 18.9 Å². The molecule has 0 spiro atoms. The molecule has 0 bridgehead atoms. The van der Waals surface area contributed by atoms with Crippen LogP contribution in [-0.4, -0.2) is 30.7 Å². The Morgan fingerprint density at radius 3 is 2.53 bits per heavy atom. The molecule has 3 aromatic rings. The van der Waals surface area contributed by atoms with Crippen molar-refractivity contribution < 1.29 is 18.0 Å². The second-order valence-electron chi connectivity index (χ2n) is 8.51. The minimum absolute atomic E-state index is 0.0498. The number of aromatic amines is 1. The molecule has 0 radical (unpaired) electrons. The Bertz CT molecular complexity index is 1410. The number of hydrogen-bond donors (Lipinski definition) is 2. The van der Waals surface area contributed by atoms with Crippen LogP contribution in [0.1, 0.15) is 56.0 Å². The minimum atomic E-state index is -4.62. The van der Waals surface area contributed by atoms with Crippen LogP contribution in [0.2, 0.25) is 0 Å². The summed E-state index contributed by atoms with van der Waals surface area (Å²) in [5.74, 6) is -0.0496. The Kier molecular flexibility index (Phi) is 5.50. The molecule has 1 amide bonds. The van der Waals surface area contributed by atoms with Gasteiger partial charge >= 0.3 is 11.9 Å². The fourth-order valence-corrected chi connectivity index (χ4v) is 4.66. The Morgan fingerprint density at radius 1 is 1.18 bits per heavy atom. The quantitative estimate of drug-likeness (QED) is 0.401. The third kappa shape index (κ3) is 4.33. The molecule has 2 aliphatic carbocycles. The second kappa shape index (κ2) is 8.26. The van der Waals surface area contributed by atoms with Gasteiger partial charge in [0.2, 0.25) is 5.91 Å². The molecule has 12 heteroatoms. The van der Waals surface area contributed by atoms with Gasteiger partial charge in [0.1, 0.15) is 16.2 Å². The number of nitrogens with zero attached hydrogens (tertiary/aromatic N) is 3. The monoisotopic (exact) mass is 491 g/mol. The maximum absolute atomic E-state index is 13.3. The first-order chi connectivity index (χ1) is 16.1. The van der Waals surface area contributed by atoms with E-state index in [0.29, 0.717) is 5.82 Å². The highest BCUT2D eigenvalue weighted by atomic mass is 32.2. The normalized spacial score (nSPS) is 17.1. The van der Waals surface area contributed by atoms with Crippen LogP contribution >= 0.6 is 11.8 Å². The topological polar surface area (TPSA) is 110 Å². The van der Waals surface area contributed by atoms with Crippen molar-refractivity contribution >= 4 is 34.4 Å². The predicted molar refractivity (Wildman–Crippen MR) is 120 cm³/mol. The van der Waals surface area contributed by atoms with E-state index in [1.165, 1.54) is 29.7 Å². The number of carbonyl (C=O) groups is 1. The number of halogens is 3. The number of para-hydroxylation sites is 1. The lowest BCUT2D eigenvalue weighted by atomic mass is 10.1. The zero-order chi connectivity index (χ0) is 24.2. The average molecular weight is 491 g/mol. The van der Waals surface area contributed by atoms with E-state index in [1.54, 1.807) is 0 Å². The molecule has 0 unspecified atom stereocenters. The lowest BCUT2D eigenvalue weighted by Gasteiger charge is -2.17. The van der Waals surface area contributed by atoms with E-state index in [1.807, 2.05) is 0 Å². The van der Waals surface area contributed by atoms with E-state index in [-0.39, 0.29) is 33.7 Å². The number of nitrogens with one attached hydrogen (secondary N) is 2. The number of H-pyrrole nitrogens is 1. The van der Waals surface area contributed by atoms with Crippen molar-refractivity contribution in [2.75, 3.05) is 5.32 Å². The average Bonchev–Trinajstić information content (AvgIpc) is 3.66. The number of rotatable bonds is 6. The van der Waals surface area contributed by atoms with Gasteiger partial charge in [-0.25, -0.2) is 14.8 Å². The molecular weight excluding hydrogens is 471 g/mol. The Balaban J connectivity index is 1.50. The minimum Gasteiger partial charge on any atom is -0.325 e. The van der Waals surface area contributed by atoms with Gasteiger partial charge in [-0.3, -0.25) is 19.1 Å². The van der Waals surface area contributed by atoms with Crippen molar-refractivity contribution in [2.24, 2.45) is 0 Å². The largest absolute Gasteiger partial charge is 0.418 e. The van der Waals surface area contributed by atoms with E-state index in [2.05, 4.69) is 20.3 Å². The third-order valence-corrected chi connectivity index (χ3v) is 6.86. The van der Waals surface area contributed by atoms with E-state index in [0.717, 1.165) is 43.5 Å². The highest BCUT2D eigenvalue weighted by Crippen LogP contribution is 2.41. The smallest absolute Gasteiger partial charge is 0.325 e. The molecule has 1 aromatic carbocycles. The first-order valence-corrected chi connectivity index (χ1v) is 11.7. The molecule has 0 saturated heterocycles. The number of amides is 1. The lowest BCUT2D eigenvalue weighted by Crippen LogP contribution is -2.31. The van der Waals surface area contributed by atoms with Crippen LogP contribution in [0.25, 0.3) is 11.0 Å². The molecule has 5 rings (SSSR count). The van der Waals surface area contributed by atoms with Crippen LogP contribution in [0.15, 0.2) is 38.9 Å². The first kappa shape index (κ1) is 22.6. The highest BCUT2D eigenvalue weighted by Gasteiger charge is 2.35. The Morgan fingerprint density at radius 2 is 1.88 bits per heavy atom. The van der Waals surface area contributed by atoms with E-state index in [9.17, 15) is 27.6 Å². The van der Waals surface area contributed by atoms with Gasteiger partial charge < -0.3 is 5.32 Å². The van der Waals surface area contributed by atoms with Gasteiger partial charge in [0.15, 0.2) is 5.65 Å². The van der Waals surface area contributed by atoms with Crippen molar-refractivity contribution in [2.45, 2.75) is 61.0 Å². The molecule has 2 aromatic heterocycles. The van der Waals surface area contributed by atoms with E-state index in [4.69, 9.17) is 0 Å². The summed E-state index contributed by atoms with van der Waals surface area (Å²) < 4.78 is 41.3. The van der Waals surface area contributed by atoms with Gasteiger partial charge in [0.05, 0.1) is 16.5 Å². The number of anilines is 1. The maximum Gasteiger partial charge on any atom is 0.418 e. The molecule has 2 fully saturated rings. The standard InChI is InChI=1S/C22H20F3N5O3S/c1-10(18(31)26-14-5-3-2-4-13(14)22(23,24)25)34-20-15-17(27-16(28-20)11-6-7-11)30(12-8-9-12)21(33)29-19(15)32/h2-5,10-12H,6-9H2,1H3,(H,26,31)(H,29,32,33)/t10-/m1/s1. The van der Waals surface area contributed by atoms with Gasteiger partial charge in [-0.1, -0.05) is 23.9 Å². The molecule has 8 nitrogen and oxygen atoms in total. The summed E-state index contributed by atoms with van der Waals surface area (Å²) in [6, 6.07) is 4.67. The predicted octanol–water partition coefficient (Wildman–Crippen LogP) is 3.83. The number of thioether (sulfide) groups is 1. The maximum atomic E-state index is 13.3. The fraction of sp³-hybridized carbons (Fsp3) is 0.409. The zero-order valence-electron chi connectivity index (χ0n) is 18.0. The van der Waals surface area contributed by atoms with Crippen molar-refractivity contribution in [3.63, 3.8) is 0 Å². The summed E-state index contributed by atoms with van der Waals surface area (Å²) in [4.78, 5) is 49.4. The number of hydrogen-bond acceptors (Lipinski definition) is 6. The van der Waals surface area contributed by atoms with Gasteiger partial charge in [-0.05, 0) is 44.7 Å². The summed E-state index contributed by atoms with van der Waals surface area (Å²) in [6.45, 7) is 1.52. The van der Waals surface area contributed by atoms with Crippen LogP contribution in [0, 0.1) is 0 Å². The third-order valence-electron chi connectivity index (χ3n) is 5.77. The van der Waals surface area contributed by atoms with Gasteiger partial charge in [0, 0.05) is 12.0 Å². The van der Waals surface area contributed by atoms with Crippen molar-refractivity contribution in [1.29, 1.82) is 0 Å². The molecule has 2 saturated carbocycles. The number of benzene rings is 1. The summed E-state index contributed by atoms with van der Waals surface area (Å²) >= 11 is 0.954. The molecule has 34 heavy (non-hydrogen) atoms. The van der Waals surface area contributed by atoms with Crippen LogP contribution in [-0.2, 0) is 11.0 Å². The van der Waals surface area contributed by atoms with Crippen LogP contribution in [0.3, 0.4) is 0 Å². The Hall–Kier alpha value is -3.15. The molecular formula is C22H20F3N5O3S. The SMILES string of the molecule is C[C@@H](Sc1nc(C2CC2)nc2c1c(=O)[nH]c(=O)n2C1CC1)C(=O)Nc1ccccc1C(F)(F)F. The number of fused-ring (bicyclic) bond motifs is 1. The molecule has 2 N–H and O–H groups in total. The van der Waals surface area contributed by atoms with Crippen LogP contribution < -0.4 is 16.6 Å². The van der Waals surface area contributed by atoms with Gasteiger partial charge in [-0.2, -0.15) is 13.2 Å². The van der Waals surface area contributed by atoms with Crippen molar-refractivity contribution in [3.05, 3.63) is 56.5 Å². The van der Waals surface area contributed by atoms with Crippen LogP contribution in [0.5, 0.6) is 0 Å². The van der Waals surface area contributed by atoms with Crippen molar-refractivity contribution in [3.8, 4) is 0 Å². The van der Waals surface area contributed by atoms with E-state index >= 15 is 0 Å². The fourth-order valence-electron chi connectivity index (χ4n) is 3.71. The lowest BCUT2D eigenvalue weighted by molar-refractivity contribution is -0.137. The number of aromatic nitrogens is 4. The molecule has 1 atom stereocenters. The molecule has 178 valence electrons. The number of alkyl halides is 3. The summed E-state index contributed by atoms with van der Waals surface area (Å²) in [6.07, 6.45) is -1.26.